The number of hydrogen-bond donors (Lipinski definition) is 0. The molecule has 3 heterocycles. The van der Waals surface area contributed by atoms with Crippen LogP contribution in [0.1, 0.15) is 56.7 Å². The van der Waals surface area contributed by atoms with Crippen molar-refractivity contribution in [1.29, 1.82) is 0 Å². The van der Waals surface area contributed by atoms with E-state index in [1.54, 1.807) is 4.90 Å². The number of carbonyl (C=O) groups is 2. The molecule has 1 unspecified atom stereocenters. The van der Waals surface area contributed by atoms with E-state index in [0.717, 1.165) is 11.6 Å². The van der Waals surface area contributed by atoms with E-state index in [0.29, 0.717) is 56.2 Å². The highest BCUT2D eigenvalue weighted by Gasteiger charge is 2.45. The van der Waals surface area contributed by atoms with Crippen LogP contribution in [0.15, 0.2) is 52.4 Å². The number of rotatable bonds is 4. The fourth-order valence-electron chi connectivity index (χ4n) is 6.15. The molecule has 5 rings (SSSR count). The fraction of sp³-hybridized carbons (Fsp3) is 0.484. The molecule has 0 radical (unpaired) electrons. The maximum Gasteiger partial charge on any atom is 0.270 e. The van der Waals surface area contributed by atoms with Gasteiger partial charge in [-0.3, -0.25) is 24.5 Å². The summed E-state index contributed by atoms with van der Waals surface area (Å²) in [5.74, 6) is -2.45. The molecule has 41 heavy (non-hydrogen) atoms. The molecule has 218 valence electrons. The van der Waals surface area contributed by atoms with Crippen LogP contribution in [0.2, 0.25) is 5.02 Å². The van der Waals surface area contributed by atoms with Gasteiger partial charge < -0.3 is 9.80 Å². The molecule has 0 spiro atoms. The Morgan fingerprint density at radius 1 is 0.927 bits per heavy atom. The van der Waals surface area contributed by atoms with E-state index in [2.05, 4.69) is 35.7 Å². The molecule has 3 aliphatic heterocycles. The van der Waals surface area contributed by atoms with Crippen LogP contribution in [-0.2, 0) is 9.59 Å². The Kier molecular flexibility index (Phi) is 8.57. The maximum atomic E-state index is 15.0. The smallest absolute Gasteiger partial charge is 0.270 e. The zero-order valence-electron chi connectivity index (χ0n) is 23.6. The van der Waals surface area contributed by atoms with Gasteiger partial charge >= 0.3 is 0 Å². The Morgan fingerprint density at radius 3 is 2.29 bits per heavy atom. The van der Waals surface area contributed by atoms with Crippen molar-refractivity contribution in [2.75, 3.05) is 32.7 Å². The number of nitrogens with zero attached hydrogens (tertiary/aromatic N) is 5. The van der Waals surface area contributed by atoms with Crippen molar-refractivity contribution < 1.29 is 18.4 Å². The Bertz CT molecular complexity index is 1330. The van der Waals surface area contributed by atoms with E-state index in [-0.39, 0.29) is 23.4 Å². The molecule has 7 nitrogen and oxygen atoms in total. The molecule has 3 atom stereocenters. The number of benzene rings is 2. The molecule has 3 aliphatic rings. The van der Waals surface area contributed by atoms with E-state index in [1.807, 2.05) is 29.2 Å². The van der Waals surface area contributed by atoms with Gasteiger partial charge in [0.05, 0.1) is 12.0 Å². The monoisotopic (exact) mass is 583 g/mol. The zero-order chi connectivity index (χ0) is 29.3. The number of hydrogen-bond acceptors (Lipinski definition) is 5. The van der Waals surface area contributed by atoms with E-state index in [1.165, 1.54) is 24.6 Å². The van der Waals surface area contributed by atoms with E-state index in [4.69, 9.17) is 11.6 Å². The van der Waals surface area contributed by atoms with Crippen molar-refractivity contribution >= 4 is 35.8 Å². The molecule has 0 N–H and O–H groups in total. The van der Waals surface area contributed by atoms with Crippen molar-refractivity contribution in [3.05, 3.63) is 70.2 Å². The molecule has 2 saturated heterocycles. The van der Waals surface area contributed by atoms with Gasteiger partial charge in [0.15, 0.2) is 0 Å². The van der Waals surface area contributed by atoms with Gasteiger partial charge in [-0.2, -0.15) is 0 Å². The normalized spacial score (nSPS) is 24.1. The first kappa shape index (κ1) is 29.3. The second-order valence-corrected chi connectivity index (χ2v) is 12.4. The van der Waals surface area contributed by atoms with Crippen LogP contribution in [0.4, 0.5) is 8.78 Å². The first-order valence-electron chi connectivity index (χ1n) is 14.1. The van der Waals surface area contributed by atoms with Crippen LogP contribution in [0.3, 0.4) is 0 Å². The number of carbonyl (C=O) groups excluding carboxylic acids is 2. The highest BCUT2D eigenvalue weighted by Crippen LogP contribution is 2.39. The molecule has 2 amide bonds. The molecular weight excluding hydrogens is 548 g/mol. The minimum absolute atomic E-state index is 0.0697. The number of likely N-dealkylation sites (tertiary alicyclic amines) is 1. The van der Waals surface area contributed by atoms with Crippen molar-refractivity contribution in [2.45, 2.75) is 57.3 Å². The average molecular weight is 584 g/mol. The van der Waals surface area contributed by atoms with Crippen LogP contribution in [0.25, 0.3) is 0 Å². The molecule has 10 heteroatoms. The molecule has 2 aromatic carbocycles. The number of amides is 2. The van der Waals surface area contributed by atoms with Gasteiger partial charge in [-0.15, -0.1) is 0 Å². The predicted molar refractivity (Wildman–Crippen MR) is 156 cm³/mol. The summed E-state index contributed by atoms with van der Waals surface area (Å²) in [5.41, 5.74) is 1.11. The minimum atomic E-state index is -0.825. The summed E-state index contributed by atoms with van der Waals surface area (Å²) >= 11 is 6.13. The van der Waals surface area contributed by atoms with Gasteiger partial charge in [-0.05, 0) is 62.9 Å². The summed E-state index contributed by atoms with van der Waals surface area (Å²) in [5, 5.41) is 0.618. The van der Waals surface area contributed by atoms with Crippen LogP contribution < -0.4 is 0 Å². The van der Waals surface area contributed by atoms with Crippen molar-refractivity contribution in [3.8, 4) is 0 Å². The Balaban J connectivity index is 1.40. The highest BCUT2D eigenvalue weighted by atomic mass is 35.5. The summed E-state index contributed by atoms with van der Waals surface area (Å²) in [6.07, 6.45) is 3.54. The highest BCUT2D eigenvalue weighted by molar-refractivity contribution is 6.30. The molecule has 2 aromatic rings. The van der Waals surface area contributed by atoms with Gasteiger partial charge in [-0.1, -0.05) is 29.8 Å². The standard InChI is InChI=1S/C31H36ClF2N5O2/c1-31(2,3)38-18-24(23-11-10-22(33)17-26(23)34)25(19-38)29(40)37-14-4-5-27(20-6-8-21(32)9-7-20)39(16-15-37)30(41)28-35-12-13-36-28/h6-13,17,24-25,27-28H,4-5,14-16,18-19H2,1-3H3/t24-,25?,27-/m0/s1. The average Bonchev–Trinajstić information content (AvgIpc) is 3.60. The maximum absolute atomic E-state index is 15.0. The predicted octanol–water partition coefficient (Wildman–Crippen LogP) is 5.11. The fourth-order valence-corrected chi connectivity index (χ4v) is 6.28. The van der Waals surface area contributed by atoms with Crippen LogP contribution >= 0.6 is 11.6 Å². The van der Waals surface area contributed by atoms with Gasteiger partial charge in [0.1, 0.15) is 11.6 Å². The Hall–Kier alpha value is -3.17. The SMILES string of the molecule is CC(C)(C)N1CC(C(=O)N2CCC[C@@H](c3ccc(Cl)cc3)N(C(=O)C3N=CC=N3)CC2)[C@H](c2ccc(F)cc2F)C1. The van der Waals surface area contributed by atoms with E-state index in [9.17, 15) is 18.4 Å². The molecular formula is C31H36ClF2N5O2. The third-order valence-corrected chi connectivity index (χ3v) is 8.68. The lowest BCUT2D eigenvalue weighted by Gasteiger charge is -2.38. The second kappa shape index (κ2) is 12.0. The number of aliphatic imine (C=N–C) groups is 2. The molecule has 0 aromatic heterocycles. The van der Waals surface area contributed by atoms with E-state index < -0.39 is 29.6 Å². The second-order valence-electron chi connectivity index (χ2n) is 12.0. The minimum Gasteiger partial charge on any atom is -0.341 e. The van der Waals surface area contributed by atoms with Crippen LogP contribution in [-0.4, -0.2) is 83.4 Å². The lowest BCUT2D eigenvalue weighted by molar-refractivity contribution is -0.141. The summed E-state index contributed by atoms with van der Waals surface area (Å²) in [7, 11) is 0. The van der Waals surface area contributed by atoms with Crippen molar-refractivity contribution in [1.82, 2.24) is 14.7 Å². The zero-order valence-corrected chi connectivity index (χ0v) is 24.4. The molecule has 2 fully saturated rings. The van der Waals surface area contributed by atoms with Gasteiger partial charge in [-0.25, -0.2) is 8.78 Å². The van der Waals surface area contributed by atoms with Crippen LogP contribution in [0.5, 0.6) is 0 Å². The summed E-state index contributed by atoms with van der Waals surface area (Å²) < 4.78 is 28.7. The third-order valence-electron chi connectivity index (χ3n) is 8.43. The van der Waals surface area contributed by atoms with Crippen molar-refractivity contribution in [2.24, 2.45) is 15.9 Å². The largest absolute Gasteiger partial charge is 0.341 e. The molecule has 0 saturated carbocycles. The lowest BCUT2D eigenvalue weighted by atomic mass is 9.87. The first-order chi connectivity index (χ1) is 19.5. The van der Waals surface area contributed by atoms with E-state index >= 15 is 0 Å². The number of halogens is 3. The Morgan fingerprint density at radius 2 is 1.63 bits per heavy atom. The first-order valence-corrected chi connectivity index (χ1v) is 14.5. The van der Waals surface area contributed by atoms with Crippen LogP contribution in [0, 0.1) is 17.6 Å². The van der Waals surface area contributed by atoms with Gasteiger partial charge in [0.2, 0.25) is 12.1 Å². The molecule has 0 aliphatic carbocycles. The van der Waals surface area contributed by atoms with Gasteiger partial charge in [0.25, 0.3) is 5.91 Å². The topological polar surface area (TPSA) is 68.6 Å². The molecule has 0 bridgehead atoms. The lowest BCUT2D eigenvalue weighted by Crippen LogP contribution is -2.49. The summed E-state index contributed by atoms with van der Waals surface area (Å²) in [6.45, 7) is 8.35. The van der Waals surface area contributed by atoms with Gasteiger partial charge in [0, 0.05) is 67.7 Å². The quantitative estimate of drug-likeness (QED) is 0.503. The summed E-state index contributed by atoms with van der Waals surface area (Å²) in [6, 6.07) is 10.9. The van der Waals surface area contributed by atoms with Crippen molar-refractivity contribution in [3.63, 3.8) is 0 Å². The Labute approximate surface area is 244 Å². The third kappa shape index (κ3) is 6.36. The summed E-state index contributed by atoms with van der Waals surface area (Å²) in [4.78, 5) is 41.9.